The van der Waals surface area contributed by atoms with Gasteiger partial charge in [-0.15, -0.1) is 0 Å². The van der Waals surface area contributed by atoms with E-state index in [1.165, 1.54) is 5.56 Å². The van der Waals surface area contributed by atoms with Gasteiger partial charge in [0.05, 0.1) is 18.5 Å². The third-order valence-electron chi connectivity index (χ3n) is 2.35. The highest BCUT2D eigenvalue weighted by atomic mass is 31.2. The quantitative estimate of drug-likeness (QED) is 0.715. The van der Waals surface area contributed by atoms with Crippen LogP contribution in [0.15, 0.2) is 24.3 Å². The summed E-state index contributed by atoms with van der Waals surface area (Å²) in [5.74, 6) is 0. The average Bonchev–Trinajstić information content (AvgIpc) is 2.29. The fourth-order valence-electron chi connectivity index (χ4n) is 1.68. The van der Waals surface area contributed by atoms with E-state index in [-0.39, 0.29) is 0 Å². The first-order valence-corrected chi connectivity index (χ1v) is 7.69. The van der Waals surface area contributed by atoms with E-state index >= 15 is 0 Å². The van der Waals surface area contributed by atoms with Crippen molar-refractivity contribution in [2.45, 2.75) is 20.4 Å². The van der Waals surface area contributed by atoms with Gasteiger partial charge >= 0.3 is 7.60 Å². The van der Waals surface area contributed by atoms with Crippen molar-refractivity contribution in [3.05, 3.63) is 29.8 Å². The molecule has 0 spiro atoms. The summed E-state index contributed by atoms with van der Waals surface area (Å²) in [5.41, 5.74) is 1.17. The Morgan fingerprint density at radius 3 is 1.94 bits per heavy atom. The Kier molecular flexibility index (Phi) is 6.03. The molecule has 0 fully saturated rings. The van der Waals surface area contributed by atoms with Crippen LogP contribution in [-0.4, -0.2) is 32.2 Å². The van der Waals surface area contributed by atoms with Gasteiger partial charge in [0.15, 0.2) is 0 Å². The summed E-state index contributed by atoms with van der Waals surface area (Å²) in [6.45, 7) is 5.22. The monoisotopic (exact) mass is 271 g/mol. The highest BCUT2D eigenvalue weighted by Crippen LogP contribution is 2.46. The van der Waals surface area contributed by atoms with Crippen LogP contribution in [-0.2, 0) is 20.2 Å². The first kappa shape index (κ1) is 15.4. The molecule has 0 aliphatic heterocycles. The van der Waals surface area contributed by atoms with Gasteiger partial charge in [-0.3, -0.25) is 4.57 Å². The first-order valence-electron chi connectivity index (χ1n) is 6.15. The van der Waals surface area contributed by atoms with E-state index in [0.29, 0.717) is 18.5 Å². The fourth-order valence-corrected chi connectivity index (χ4v) is 3.24. The minimum absolute atomic E-state index is 0.372. The molecule has 0 aliphatic rings. The maximum atomic E-state index is 12.5. The lowest BCUT2D eigenvalue weighted by Gasteiger charge is -2.17. The van der Waals surface area contributed by atoms with Gasteiger partial charge in [-0.05, 0) is 45.6 Å². The number of benzene rings is 1. The van der Waals surface area contributed by atoms with Crippen molar-refractivity contribution in [1.82, 2.24) is 4.90 Å². The van der Waals surface area contributed by atoms with Crippen LogP contribution in [0, 0.1) is 0 Å². The highest BCUT2D eigenvalue weighted by molar-refractivity contribution is 7.62. The Labute approximate surface area is 109 Å². The Balaban J connectivity index is 2.90. The maximum Gasteiger partial charge on any atom is 0.361 e. The molecule has 0 amide bonds. The minimum Gasteiger partial charge on any atom is -0.305 e. The summed E-state index contributed by atoms with van der Waals surface area (Å²) in [5, 5.41) is 0.619. The summed E-state index contributed by atoms with van der Waals surface area (Å²) in [7, 11) is 0.887. The Bertz CT molecular complexity index is 393. The lowest BCUT2D eigenvalue weighted by atomic mass is 10.2. The summed E-state index contributed by atoms with van der Waals surface area (Å²) < 4.78 is 23.1. The van der Waals surface area contributed by atoms with Crippen LogP contribution >= 0.6 is 7.60 Å². The standard InChI is InChI=1S/C13H22NO3P/c1-5-16-18(15,17-6-2)13-9-7-12(8-10-13)11-14(3)4/h7-10H,5-6,11H2,1-4H3. The van der Waals surface area contributed by atoms with E-state index < -0.39 is 7.60 Å². The summed E-state index contributed by atoms with van der Waals surface area (Å²) >= 11 is 0. The van der Waals surface area contributed by atoms with Crippen molar-refractivity contribution in [2.75, 3.05) is 27.3 Å². The first-order chi connectivity index (χ1) is 8.51. The second-order valence-corrected chi connectivity index (χ2v) is 6.26. The molecule has 18 heavy (non-hydrogen) atoms. The van der Waals surface area contributed by atoms with Crippen molar-refractivity contribution in [1.29, 1.82) is 0 Å². The van der Waals surface area contributed by atoms with Crippen LogP contribution in [0.2, 0.25) is 0 Å². The molecule has 1 aromatic rings. The van der Waals surface area contributed by atoms with Crippen molar-refractivity contribution < 1.29 is 13.6 Å². The topological polar surface area (TPSA) is 38.8 Å². The zero-order valence-electron chi connectivity index (χ0n) is 11.5. The molecule has 0 bridgehead atoms. The molecule has 0 radical (unpaired) electrons. The fraction of sp³-hybridized carbons (Fsp3) is 0.538. The molecule has 0 unspecified atom stereocenters. The zero-order chi connectivity index (χ0) is 13.6. The van der Waals surface area contributed by atoms with Gasteiger partial charge in [-0.25, -0.2) is 0 Å². The highest BCUT2D eigenvalue weighted by Gasteiger charge is 2.26. The molecule has 4 nitrogen and oxygen atoms in total. The molecule has 5 heteroatoms. The second kappa shape index (κ2) is 7.05. The Hall–Kier alpha value is -0.670. The number of hydrogen-bond acceptors (Lipinski definition) is 4. The van der Waals surface area contributed by atoms with E-state index in [1.54, 1.807) is 0 Å². The Morgan fingerprint density at radius 1 is 1.06 bits per heavy atom. The summed E-state index contributed by atoms with van der Waals surface area (Å²) in [6, 6.07) is 7.57. The molecule has 0 heterocycles. The summed E-state index contributed by atoms with van der Waals surface area (Å²) in [4.78, 5) is 2.08. The molecule has 1 rings (SSSR count). The van der Waals surface area contributed by atoms with E-state index in [4.69, 9.17) is 9.05 Å². The van der Waals surface area contributed by atoms with Crippen LogP contribution in [0.5, 0.6) is 0 Å². The zero-order valence-corrected chi connectivity index (χ0v) is 12.4. The third kappa shape index (κ3) is 4.21. The molecule has 102 valence electrons. The molecule has 0 N–H and O–H groups in total. The van der Waals surface area contributed by atoms with E-state index in [0.717, 1.165) is 6.54 Å². The molecule has 0 aromatic heterocycles. The molecular formula is C13H22NO3P. The van der Waals surface area contributed by atoms with Gasteiger partial charge in [-0.1, -0.05) is 12.1 Å². The third-order valence-corrected chi connectivity index (χ3v) is 4.48. The molecular weight excluding hydrogens is 249 g/mol. The summed E-state index contributed by atoms with van der Waals surface area (Å²) in [6.07, 6.45) is 0. The van der Waals surface area contributed by atoms with Gasteiger partial charge in [-0.2, -0.15) is 0 Å². The largest absolute Gasteiger partial charge is 0.361 e. The maximum absolute atomic E-state index is 12.5. The number of nitrogens with zero attached hydrogens (tertiary/aromatic N) is 1. The SMILES string of the molecule is CCOP(=O)(OCC)c1ccc(CN(C)C)cc1. The second-order valence-electron chi connectivity index (χ2n) is 4.24. The van der Waals surface area contributed by atoms with Gasteiger partial charge in [0, 0.05) is 6.54 Å². The number of rotatable bonds is 7. The van der Waals surface area contributed by atoms with Crippen LogP contribution in [0.3, 0.4) is 0 Å². The van der Waals surface area contributed by atoms with E-state index in [1.807, 2.05) is 52.2 Å². The lowest BCUT2D eigenvalue weighted by Crippen LogP contribution is -2.13. The van der Waals surface area contributed by atoms with Crippen molar-refractivity contribution >= 4 is 12.9 Å². The van der Waals surface area contributed by atoms with Gasteiger partial charge < -0.3 is 13.9 Å². The van der Waals surface area contributed by atoms with Crippen LogP contribution in [0.25, 0.3) is 0 Å². The van der Waals surface area contributed by atoms with Crippen LogP contribution < -0.4 is 5.30 Å². The van der Waals surface area contributed by atoms with Gasteiger partial charge in [0.1, 0.15) is 0 Å². The van der Waals surface area contributed by atoms with Crippen molar-refractivity contribution in [3.8, 4) is 0 Å². The smallest absolute Gasteiger partial charge is 0.305 e. The van der Waals surface area contributed by atoms with Gasteiger partial charge in [0.25, 0.3) is 0 Å². The van der Waals surface area contributed by atoms with Crippen LogP contribution in [0.1, 0.15) is 19.4 Å². The minimum atomic E-state index is -3.14. The molecule has 1 aromatic carbocycles. The average molecular weight is 271 g/mol. The molecule has 0 saturated heterocycles. The molecule has 0 aliphatic carbocycles. The van der Waals surface area contributed by atoms with E-state index in [9.17, 15) is 4.57 Å². The van der Waals surface area contributed by atoms with Gasteiger partial charge in [0.2, 0.25) is 0 Å². The lowest BCUT2D eigenvalue weighted by molar-refractivity contribution is 0.230. The normalized spacial score (nSPS) is 12.1. The van der Waals surface area contributed by atoms with Crippen molar-refractivity contribution in [2.24, 2.45) is 0 Å². The molecule has 0 atom stereocenters. The van der Waals surface area contributed by atoms with Crippen LogP contribution in [0.4, 0.5) is 0 Å². The van der Waals surface area contributed by atoms with E-state index in [2.05, 4.69) is 4.90 Å². The predicted molar refractivity (Wildman–Crippen MR) is 74.3 cm³/mol. The number of hydrogen-bond donors (Lipinski definition) is 0. The predicted octanol–water partition coefficient (Wildman–Crippen LogP) is 2.64. The Morgan fingerprint density at radius 2 is 1.56 bits per heavy atom. The molecule has 0 saturated carbocycles. The van der Waals surface area contributed by atoms with Crippen molar-refractivity contribution in [3.63, 3.8) is 0 Å².